The molecular weight excluding hydrogens is 204 g/mol. The van der Waals surface area contributed by atoms with Crippen molar-refractivity contribution < 1.29 is 0 Å². The van der Waals surface area contributed by atoms with Crippen LogP contribution in [-0.4, -0.2) is 10.7 Å². The van der Waals surface area contributed by atoms with Gasteiger partial charge in [0.15, 0.2) is 0 Å². The smallest absolute Gasteiger partial charge is 0.0963 e. The van der Waals surface area contributed by atoms with E-state index in [1.807, 2.05) is 30.9 Å². The lowest BCUT2D eigenvalue weighted by Gasteiger charge is -2.06. The van der Waals surface area contributed by atoms with E-state index in [0.717, 1.165) is 10.8 Å². The molecule has 0 aliphatic carbocycles. The lowest BCUT2D eigenvalue weighted by atomic mass is 10.1. The Hall–Kier alpha value is -0.540. The monoisotopic (exact) mass is 224 g/mol. The van der Waals surface area contributed by atoms with Crippen molar-refractivity contribution in [3.63, 3.8) is 0 Å². The number of nitrogens with zero attached hydrogens (tertiary/aromatic N) is 1. The number of nitrogens with two attached hydrogens (primary N) is 1. The summed E-state index contributed by atoms with van der Waals surface area (Å²) >= 11 is 1.83. The van der Waals surface area contributed by atoms with Crippen molar-refractivity contribution in [3.8, 4) is 0 Å². The van der Waals surface area contributed by atoms with E-state index in [9.17, 15) is 0 Å². The van der Waals surface area contributed by atoms with Crippen LogP contribution >= 0.6 is 11.8 Å². The molecule has 1 aromatic heterocycles. The summed E-state index contributed by atoms with van der Waals surface area (Å²) in [5.41, 5.74) is 6.99. The van der Waals surface area contributed by atoms with Crippen LogP contribution in [0.1, 0.15) is 44.7 Å². The zero-order valence-corrected chi connectivity index (χ0v) is 10.4. The third kappa shape index (κ3) is 4.67. The predicted molar refractivity (Wildman–Crippen MR) is 67.1 cm³/mol. The van der Waals surface area contributed by atoms with Crippen molar-refractivity contribution >= 4 is 11.8 Å². The van der Waals surface area contributed by atoms with Crippen molar-refractivity contribution in [2.45, 2.75) is 44.2 Å². The second kappa shape index (κ2) is 6.85. The van der Waals surface area contributed by atoms with Crippen LogP contribution in [0.5, 0.6) is 0 Å². The number of pyridine rings is 1. The van der Waals surface area contributed by atoms with Crippen molar-refractivity contribution in [2.75, 3.05) is 5.75 Å². The van der Waals surface area contributed by atoms with Gasteiger partial charge in [-0.15, -0.1) is 11.8 Å². The van der Waals surface area contributed by atoms with Crippen LogP contribution in [0.25, 0.3) is 0 Å². The second-order valence-corrected chi connectivity index (χ2v) is 4.89. The Labute approximate surface area is 96.7 Å². The quantitative estimate of drug-likeness (QED) is 0.594. The van der Waals surface area contributed by atoms with E-state index < -0.39 is 0 Å². The van der Waals surface area contributed by atoms with Crippen molar-refractivity contribution in [1.29, 1.82) is 0 Å². The summed E-state index contributed by atoms with van der Waals surface area (Å²) in [5.74, 6) is 1.16. The molecule has 1 rings (SSSR count). The maximum Gasteiger partial charge on any atom is 0.0963 e. The summed E-state index contributed by atoms with van der Waals surface area (Å²) in [6.45, 7) is 4.22. The molecule has 0 saturated carbocycles. The third-order valence-electron chi connectivity index (χ3n) is 2.28. The van der Waals surface area contributed by atoms with Gasteiger partial charge in [0.25, 0.3) is 0 Å². The molecule has 0 amide bonds. The van der Waals surface area contributed by atoms with E-state index in [0.29, 0.717) is 0 Å². The first-order valence-corrected chi connectivity index (χ1v) is 6.57. The van der Waals surface area contributed by atoms with Gasteiger partial charge in [-0.05, 0) is 36.8 Å². The molecule has 0 fully saturated rings. The average molecular weight is 224 g/mol. The zero-order chi connectivity index (χ0) is 11.1. The van der Waals surface area contributed by atoms with Gasteiger partial charge in [0.2, 0.25) is 0 Å². The molecule has 0 bridgehead atoms. The minimum Gasteiger partial charge on any atom is -0.324 e. The fourth-order valence-corrected chi connectivity index (χ4v) is 2.23. The van der Waals surface area contributed by atoms with E-state index in [-0.39, 0.29) is 6.04 Å². The van der Waals surface area contributed by atoms with E-state index in [4.69, 9.17) is 5.73 Å². The number of rotatable bonds is 6. The number of hydrogen-bond acceptors (Lipinski definition) is 3. The molecule has 1 unspecified atom stereocenters. The Balaban J connectivity index is 2.43. The molecule has 0 saturated heterocycles. The van der Waals surface area contributed by atoms with Crippen LogP contribution in [0.15, 0.2) is 23.4 Å². The van der Waals surface area contributed by atoms with Gasteiger partial charge in [0, 0.05) is 12.2 Å². The molecule has 0 spiro atoms. The van der Waals surface area contributed by atoms with Gasteiger partial charge in [-0.25, -0.2) is 4.98 Å². The maximum absolute atomic E-state index is 5.82. The number of unbranched alkanes of at least 4 members (excludes halogenated alkanes) is 2. The van der Waals surface area contributed by atoms with Crippen molar-refractivity contribution in [2.24, 2.45) is 5.73 Å². The number of thioether (sulfide) groups is 1. The lowest BCUT2D eigenvalue weighted by Crippen LogP contribution is -2.05. The predicted octanol–water partition coefficient (Wildman–Crippen LogP) is 3.38. The van der Waals surface area contributed by atoms with Crippen LogP contribution in [-0.2, 0) is 0 Å². The fourth-order valence-electron chi connectivity index (χ4n) is 1.32. The molecule has 0 aliphatic rings. The molecule has 1 heterocycles. The Morgan fingerprint density at radius 3 is 2.93 bits per heavy atom. The second-order valence-electron chi connectivity index (χ2n) is 3.77. The molecule has 84 valence electrons. The molecule has 0 radical (unpaired) electrons. The molecule has 3 heteroatoms. The highest BCUT2D eigenvalue weighted by molar-refractivity contribution is 7.99. The molecule has 15 heavy (non-hydrogen) atoms. The Morgan fingerprint density at radius 1 is 1.47 bits per heavy atom. The standard InChI is InChI=1S/C12H20N2S/c1-3-4-5-8-15-12-9-11(10(2)13)6-7-14-12/h6-7,9-10H,3-5,8,13H2,1-2H3. The van der Waals surface area contributed by atoms with Gasteiger partial charge in [-0.1, -0.05) is 19.8 Å². The summed E-state index contributed by atoms with van der Waals surface area (Å²) in [4.78, 5) is 4.33. The SMILES string of the molecule is CCCCCSc1cc(C(C)N)ccn1. The van der Waals surface area contributed by atoms with Crippen LogP contribution in [0.3, 0.4) is 0 Å². The van der Waals surface area contributed by atoms with E-state index in [1.165, 1.54) is 24.8 Å². The van der Waals surface area contributed by atoms with Crippen LogP contribution in [0, 0.1) is 0 Å². The van der Waals surface area contributed by atoms with Gasteiger partial charge in [-0.3, -0.25) is 0 Å². The molecule has 0 aliphatic heterocycles. The lowest BCUT2D eigenvalue weighted by molar-refractivity contribution is 0.777. The van der Waals surface area contributed by atoms with Gasteiger partial charge in [0.05, 0.1) is 5.03 Å². The van der Waals surface area contributed by atoms with Crippen LogP contribution in [0.4, 0.5) is 0 Å². The number of hydrogen-bond donors (Lipinski definition) is 1. The Bertz CT molecular complexity index is 287. The first-order chi connectivity index (χ1) is 7.24. The summed E-state index contributed by atoms with van der Waals surface area (Å²) in [7, 11) is 0. The molecule has 1 aromatic rings. The van der Waals surface area contributed by atoms with Crippen molar-refractivity contribution in [1.82, 2.24) is 4.98 Å². The summed E-state index contributed by atoms with van der Waals surface area (Å²) in [6, 6.07) is 4.19. The first-order valence-electron chi connectivity index (χ1n) is 5.58. The molecule has 2 N–H and O–H groups in total. The zero-order valence-electron chi connectivity index (χ0n) is 9.57. The van der Waals surface area contributed by atoms with Crippen molar-refractivity contribution in [3.05, 3.63) is 23.9 Å². The molecule has 1 atom stereocenters. The van der Waals surface area contributed by atoms with Crippen LogP contribution in [0.2, 0.25) is 0 Å². The highest BCUT2D eigenvalue weighted by atomic mass is 32.2. The van der Waals surface area contributed by atoms with Gasteiger partial charge < -0.3 is 5.73 Å². The first kappa shape index (κ1) is 12.5. The Morgan fingerprint density at radius 2 is 2.27 bits per heavy atom. The molecular formula is C12H20N2S. The Kier molecular flexibility index (Phi) is 5.73. The largest absolute Gasteiger partial charge is 0.324 e. The summed E-state index contributed by atoms with van der Waals surface area (Å²) in [5, 5.41) is 1.10. The molecule has 2 nitrogen and oxygen atoms in total. The highest BCUT2D eigenvalue weighted by Crippen LogP contribution is 2.20. The third-order valence-corrected chi connectivity index (χ3v) is 3.29. The van der Waals surface area contributed by atoms with E-state index in [2.05, 4.69) is 18.0 Å². The topological polar surface area (TPSA) is 38.9 Å². The van der Waals surface area contributed by atoms with Gasteiger partial charge in [-0.2, -0.15) is 0 Å². The summed E-state index contributed by atoms with van der Waals surface area (Å²) < 4.78 is 0. The van der Waals surface area contributed by atoms with Crippen LogP contribution < -0.4 is 5.73 Å². The fraction of sp³-hybridized carbons (Fsp3) is 0.583. The average Bonchev–Trinajstić information content (AvgIpc) is 2.25. The highest BCUT2D eigenvalue weighted by Gasteiger charge is 2.01. The van der Waals surface area contributed by atoms with Gasteiger partial charge >= 0.3 is 0 Å². The number of aromatic nitrogens is 1. The normalized spacial score (nSPS) is 12.7. The van der Waals surface area contributed by atoms with E-state index >= 15 is 0 Å². The molecule has 0 aromatic carbocycles. The minimum absolute atomic E-state index is 0.1000. The van der Waals surface area contributed by atoms with Gasteiger partial charge in [0.1, 0.15) is 0 Å². The maximum atomic E-state index is 5.82. The minimum atomic E-state index is 0.1000. The summed E-state index contributed by atoms with van der Waals surface area (Å²) in [6.07, 6.45) is 5.69. The van der Waals surface area contributed by atoms with E-state index in [1.54, 1.807) is 0 Å².